The molecule has 152 valence electrons. The molecule has 4 aromatic rings. The molecule has 3 aromatic carbocycles. The Morgan fingerprint density at radius 2 is 1.57 bits per heavy atom. The number of aromatic nitrogens is 2. The predicted molar refractivity (Wildman–Crippen MR) is 118 cm³/mol. The van der Waals surface area contributed by atoms with Gasteiger partial charge in [0.15, 0.2) is 11.5 Å². The second-order valence-corrected chi connectivity index (χ2v) is 7.32. The van der Waals surface area contributed by atoms with E-state index in [1.807, 2.05) is 80.6 Å². The summed E-state index contributed by atoms with van der Waals surface area (Å²) in [6.07, 6.45) is 0. The molecule has 0 spiro atoms. The zero-order chi connectivity index (χ0) is 21.3. The van der Waals surface area contributed by atoms with Crippen LogP contribution in [0.2, 0.25) is 0 Å². The van der Waals surface area contributed by atoms with Crippen LogP contribution in [0.1, 0.15) is 17.0 Å². The Kier molecular flexibility index (Phi) is 5.27. The van der Waals surface area contributed by atoms with Crippen LogP contribution in [0, 0.1) is 13.8 Å². The monoisotopic (exact) mass is 401 g/mol. The van der Waals surface area contributed by atoms with Crippen molar-refractivity contribution in [2.45, 2.75) is 20.4 Å². The van der Waals surface area contributed by atoms with Crippen LogP contribution in [-0.2, 0) is 6.54 Å². The first-order chi connectivity index (χ1) is 14.5. The van der Waals surface area contributed by atoms with Gasteiger partial charge in [0.05, 0.1) is 14.2 Å². The maximum absolute atomic E-state index is 13.3. The second-order valence-electron chi connectivity index (χ2n) is 7.32. The highest BCUT2D eigenvalue weighted by Crippen LogP contribution is 2.27. The van der Waals surface area contributed by atoms with Crippen LogP contribution >= 0.6 is 0 Å². The van der Waals surface area contributed by atoms with Gasteiger partial charge in [-0.25, -0.2) is 9.36 Å². The third kappa shape index (κ3) is 3.43. The minimum absolute atomic E-state index is 0.0180. The molecule has 0 aliphatic rings. The molecule has 30 heavy (non-hydrogen) atoms. The fraction of sp³-hybridized carbons (Fsp3) is 0.200. The quantitative estimate of drug-likeness (QED) is 0.476. The molecule has 5 nitrogen and oxygen atoms in total. The number of hydrogen-bond donors (Lipinski definition) is 0. The summed E-state index contributed by atoms with van der Waals surface area (Å²) < 4.78 is 14.8. The maximum Gasteiger partial charge on any atom is 0.350 e. The maximum atomic E-state index is 13.3. The lowest BCUT2D eigenvalue weighted by Gasteiger charge is -2.13. The number of fused-ring (bicyclic) bond motifs is 1. The number of benzene rings is 3. The van der Waals surface area contributed by atoms with Gasteiger partial charge in [-0.2, -0.15) is 4.57 Å². The van der Waals surface area contributed by atoms with Crippen LogP contribution in [0.3, 0.4) is 0 Å². The largest absolute Gasteiger partial charge is 0.493 e. The SMILES string of the molecule is COc1ccc(C[n+]2c(C)n(-c3ccc(C)cc3)c(=O)c3ccccc32)cc1OC. The predicted octanol–water partition coefficient (Wildman–Crippen LogP) is 3.96. The van der Waals surface area contributed by atoms with Gasteiger partial charge in [0, 0.05) is 6.92 Å². The molecule has 0 N–H and O–H groups in total. The van der Waals surface area contributed by atoms with Crippen LogP contribution in [0.25, 0.3) is 16.6 Å². The smallest absolute Gasteiger partial charge is 0.350 e. The molecule has 5 heteroatoms. The van der Waals surface area contributed by atoms with Crippen LogP contribution in [0.5, 0.6) is 11.5 Å². The van der Waals surface area contributed by atoms with Gasteiger partial charge < -0.3 is 9.47 Å². The van der Waals surface area contributed by atoms with Gasteiger partial charge in [0.25, 0.3) is 5.82 Å². The normalized spacial score (nSPS) is 10.9. The van der Waals surface area contributed by atoms with E-state index in [-0.39, 0.29) is 5.56 Å². The van der Waals surface area contributed by atoms with E-state index >= 15 is 0 Å². The van der Waals surface area contributed by atoms with Gasteiger partial charge in [-0.3, -0.25) is 0 Å². The third-order valence-corrected chi connectivity index (χ3v) is 5.42. The van der Waals surface area contributed by atoms with Gasteiger partial charge >= 0.3 is 5.56 Å². The van der Waals surface area contributed by atoms with Crippen molar-refractivity contribution in [1.82, 2.24) is 4.57 Å². The number of aryl methyl sites for hydroxylation is 1. The standard InChI is InChI=1S/C25H25N2O3/c1-17-9-12-20(13-10-17)27-18(2)26(22-8-6-5-7-21(22)25(27)28)16-19-11-14-23(29-3)24(15-19)30-4/h5-15H,16H2,1-4H3/q+1. The van der Waals surface area contributed by atoms with Crippen molar-refractivity contribution in [3.05, 3.63) is 94.0 Å². The third-order valence-electron chi connectivity index (χ3n) is 5.42. The van der Waals surface area contributed by atoms with Gasteiger partial charge in [-0.15, -0.1) is 0 Å². The van der Waals surface area contributed by atoms with Gasteiger partial charge in [0.1, 0.15) is 23.1 Å². The molecule has 0 amide bonds. The minimum Gasteiger partial charge on any atom is -0.493 e. The zero-order valence-electron chi connectivity index (χ0n) is 17.7. The van der Waals surface area contributed by atoms with E-state index in [4.69, 9.17) is 9.47 Å². The average molecular weight is 401 g/mol. The van der Waals surface area contributed by atoms with Gasteiger partial charge in [-0.1, -0.05) is 35.9 Å². The molecule has 0 aliphatic heterocycles. The first-order valence-electron chi connectivity index (χ1n) is 9.85. The molecule has 0 aliphatic carbocycles. The van der Waals surface area contributed by atoms with E-state index in [0.717, 1.165) is 28.2 Å². The Hall–Kier alpha value is -3.60. The van der Waals surface area contributed by atoms with Crippen molar-refractivity contribution in [3.8, 4) is 17.2 Å². The number of ether oxygens (including phenoxy) is 2. The Balaban J connectivity index is 1.93. The summed E-state index contributed by atoms with van der Waals surface area (Å²) in [6.45, 7) is 4.62. The molecule has 0 saturated heterocycles. The van der Waals surface area contributed by atoms with E-state index in [0.29, 0.717) is 23.4 Å². The van der Waals surface area contributed by atoms with Crippen molar-refractivity contribution in [3.63, 3.8) is 0 Å². The molecule has 0 saturated carbocycles. The first-order valence-corrected chi connectivity index (χ1v) is 9.85. The summed E-state index contributed by atoms with van der Waals surface area (Å²) in [5.74, 6) is 2.24. The summed E-state index contributed by atoms with van der Waals surface area (Å²) >= 11 is 0. The van der Waals surface area contributed by atoms with Crippen LogP contribution in [0.4, 0.5) is 0 Å². The van der Waals surface area contributed by atoms with E-state index < -0.39 is 0 Å². The molecular weight excluding hydrogens is 376 g/mol. The number of methoxy groups -OCH3 is 2. The highest BCUT2D eigenvalue weighted by atomic mass is 16.5. The summed E-state index contributed by atoms with van der Waals surface area (Å²) in [4.78, 5) is 13.3. The van der Waals surface area contributed by atoms with Crippen molar-refractivity contribution < 1.29 is 14.0 Å². The van der Waals surface area contributed by atoms with Crippen molar-refractivity contribution >= 4 is 10.9 Å². The number of para-hydroxylation sites is 1. The van der Waals surface area contributed by atoms with Crippen LogP contribution in [-0.4, -0.2) is 18.8 Å². The molecule has 0 fully saturated rings. The zero-order valence-corrected chi connectivity index (χ0v) is 17.7. The lowest BCUT2D eigenvalue weighted by Crippen LogP contribution is -2.45. The highest BCUT2D eigenvalue weighted by molar-refractivity contribution is 5.74. The molecule has 0 atom stereocenters. The topological polar surface area (TPSA) is 44.3 Å². The first kappa shape index (κ1) is 19.7. The minimum atomic E-state index is -0.0180. The van der Waals surface area contributed by atoms with Gasteiger partial charge in [-0.05, 0) is 48.9 Å². The van der Waals surface area contributed by atoms with E-state index in [1.54, 1.807) is 18.8 Å². The fourth-order valence-electron chi connectivity index (χ4n) is 3.81. The molecule has 0 bridgehead atoms. The Morgan fingerprint density at radius 3 is 2.27 bits per heavy atom. The molecule has 1 heterocycles. The summed E-state index contributed by atoms with van der Waals surface area (Å²) in [7, 11) is 3.26. The lowest BCUT2D eigenvalue weighted by molar-refractivity contribution is -0.673. The summed E-state index contributed by atoms with van der Waals surface area (Å²) in [5, 5.41) is 0.684. The Morgan fingerprint density at radius 1 is 0.867 bits per heavy atom. The summed E-state index contributed by atoms with van der Waals surface area (Å²) in [6, 6.07) is 21.6. The fourth-order valence-corrected chi connectivity index (χ4v) is 3.81. The summed E-state index contributed by atoms with van der Waals surface area (Å²) in [5.41, 5.74) is 3.95. The number of rotatable bonds is 5. The Bertz CT molecular complexity index is 1270. The Labute approximate surface area is 175 Å². The van der Waals surface area contributed by atoms with E-state index in [9.17, 15) is 4.79 Å². The molecule has 4 rings (SSSR count). The van der Waals surface area contributed by atoms with Crippen molar-refractivity contribution in [2.75, 3.05) is 14.2 Å². The number of hydrogen-bond acceptors (Lipinski definition) is 3. The molecule has 0 radical (unpaired) electrons. The number of nitrogens with zero attached hydrogens (tertiary/aromatic N) is 2. The van der Waals surface area contributed by atoms with Crippen LogP contribution < -0.4 is 19.6 Å². The molecule has 1 aromatic heterocycles. The lowest BCUT2D eigenvalue weighted by atomic mass is 10.1. The van der Waals surface area contributed by atoms with Crippen LogP contribution in [0.15, 0.2) is 71.5 Å². The highest BCUT2D eigenvalue weighted by Gasteiger charge is 2.22. The van der Waals surface area contributed by atoms with E-state index in [1.165, 1.54) is 0 Å². The van der Waals surface area contributed by atoms with Gasteiger partial charge in [0.2, 0.25) is 0 Å². The molecule has 0 unspecified atom stereocenters. The van der Waals surface area contributed by atoms with Crippen molar-refractivity contribution in [1.29, 1.82) is 0 Å². The molecular formula is C25H25N2O3+. The average Bonchev–Trinajstić information content (AvgIpc) is 2.77. The second kappa shape index (κ2) is 8.03. The van der Waals surface area contributed by atoms with E-state index in [2.05, 4.69) is 4.57 Å². The van der Waals surface area contributed by atoms with Crippen molar-refractivity contribution in [2.24, 2.45) is 0 Å².